The van der Waals surface area contributed by atoms with E-state index < -0.39 is 12.2 Å². The lowest BCUT2D eigenvalue weighted by Gasteiger charge is -2.24. The van der Waals surface area contributed by atoms with Crippen molar-refractivity contribution in [3.05, 3.63) is 241 Å². The highest BCUT2D eigenvalue weighted by molar-refractivity contribution is 8.00. The predicted molar refractivity (Wildman–Crippen MR) is 312 cm³/mol. The van der Waals surface area contributed by atoms with E-state index in [2.05, 4.69) is 181 Å². The second-order valence-corrected chi connectivity index (χ2v) is 20.8. The van der Waals surface area contributed by atoms with Gasteiger partial charge in [-0.1, -0.05) is 133 Å². The average molecular weight is 1020 g/mol. The number of nitrogens with zero attached hydrogens (tertiary/aromatic N) is 6. The molecule has 372 valence electrons. The van der Waals surface area contributed by atoms with E-state index in [-0.39, 0.29) is 0 Å². The van der Waals surface area contributed by atoms with Gasteiger partial charge < -0.3 is 20.0 Å². The normalized spacial score (nSPS) is 12.2. The molecular formula is C62H64N6O2S3. The van der Waals surface area contributed by atoms with Gasteiger partial charge in [0.1, 0.15) is 0 Å². The number of anilines is 4. The van der Waals surface area contributed by atoms with Gasteiger partial charge in [0.2, 0.25) is 0 Å². The number of rotatable bonds is 26. The first kappa shape index (κ1) is 52.6. The van der Waals surface area contributed by atoms with Crippen LogP contribution in [0.15, 0.2) is 248 Å². The molecule has 0 aliphatic rings. The monoisotopic (exact) mass is 1020 g/mol. The van der Waals surface area contributed by atoms with Gasteiger partial charge in [-0.25, -0.2) is 0 Å². The summed E-state index contributed by atoms with van der Waals surface area (Å²) in [6, 6.07) is 75.1. The zero-order chi connectivity index (χ0) is 50.5. The van der Waals surface area contributed by atoms with Crippen molar-refractivity contribution in [1.82, 2.24) is 0 Å². The van der Waals surface area contributed by atoms with Crippen molar-refractivity contribution in [1.29, 1.82) is 0 Å². The van der Waals surface area contributed by atoms with E-state index in [9.17, 15) is 10.2 Å². The van der Waals surface area contributed by atoms with Gasteiger partial charge in [0.25, 0.3) is 0 Å². The predicted octanol–water partition coefficient (Wildman–Crippen LogP) is 13.9. The fraction of sp³-hybridized carbons (Fsp3) is 0.194. The molecule has 2 N–H and O–H groups in total. The molecule has 0 bridgehead atoms. The van der Waals surface area contributed by atoms with E-state index in [1.54, 1.807) is 35.3 Å². The molecule has 8 nitrogen and oxygen atoms in total. The number of benzene rings is 8. The van der Waals surface area contributed by atoms with Crippen molar-refractivity contribution in [3.8, 4) is 0 Å². The first-order valence-corrected chi connectivity index (χ1v) is 27.7. The summed E-state index contributed by atoms with van der Waals surface area (Å²) in [5.74, 6) is 1.06. The molecule has 8 aromatic rings. The fourth-order valence-corrected chi connectivity index (χ4v) is 10.5. The topological polar surface area (TPSA) is 78.1 Å². The second kappa shape index (κ2) is 27.9. The molecule has 0 aliphatic carbocycles. The molecule has 2 unspecified atom stereocenters. The lowest BCUT2D eigenvalue weighted by atomic mass is 10.1. The minimum atomic E-state index is -0.610. The lowest BCUT2D eigenvalue weighted by molar-refractivity contribution is 0.204. The molecule has 0 heterocycles. The number of aliphatic hydroxyl groups is 2. The number of hydrazone groups is 2. The van der Waals surface area contributed by atoms with E-state index in [1.165, 1.54) is 22.5 Å². The van der Waals surface area contributed by atoms with Crippen LogP contribution in [0.3, 0.4) is 0 Å². The Kier molecular flexibility index (Phi) is 20.1. The average Bonchev–Trinajstić information content (AvgIpc) is 3.45. The van der Waals surface area contributed by atoms with E-state index in [0.29, 0.717) is 24.6 Å². The third-order valence-corrected chi connectivity index (χ3v) is 15.4. The summed E-state index contributed by atoms with van der Waals surface area (Å²) < 4.78 is 0. The summed E-state index contributed by atoms with van der Waals surface area (Å²) in [5, 5.41) is 36.0. The first-order valence-electron chi connectivity index (χ1n) is 24.9. The third-order valence-electron chi connectivity index (χ3n) is 12.0. The number of thioether (sulfide) groups is 2. The molecule has 0 aliphatic heterocycles. The van der Waals surface area contributed by atoms with Crippen LogP contribution in [0.25, 0.3) is 0 Å². The molecule has 0 aromatic heterocycles. The van der Waals surface area contributed by atoms with Crippen LogP contribution >= 0.6 is 35.3 Å². The minimum absolute atomic E-state index is 0.360. The molecule has 0 saturated heterocycles. The van der Waals surface area contributed by atoms with Gasteiger partial charge in [-0.05, 0) is 133 Å². The van der Waals surface area contributed by atoms with Crippen molar-refractivity contribution in [2.45, 2.75) is 58.7 Å². The highest BCUT2D eigenvalue weighted by Crippen LogP contribution is 2.32. The molecule has 8 aromatic carbocycles. The highest BCUT2D eigenvalue weighted by Gasteiger charge is 2.15. The standard InChI is InChI=1S/C62H64N6O2S3/c1-3-65(43-51-17-9-5-10-18-51)53-29-25-49(26-30-53)41-63-67(55-21-13-7-14-22-55)45-57(69)47-71-59-33-37-61(38-34-59)73-62-39-35-60(36-40-62)72-48-58(70)46-68(56-23-15-8-16-24-56)64-42-50-27-31-54(32-28-50)66(4-2)44-52-19-11-6-12-20-52/h5-42,57-58,69-70H,3-4,43-48H2,1-2H3/b63-41+,64-42+. The number of aliphatic hydroxyl groups excluding tert-OH is 2. The Labute approximate surface area is 445 Å². The van der Waals surface area contributed by atoms with E-state index >= 15 is 0 Å². The van der Waals surface area contributed by atoms with Crippen LogP contribution in [0.4, 0.5) is 22.7 Å². The van der Waals surface area contributed by atoms with Gasteiger partial charge >= 0.3 is 0 Å². The Bertz CT molecular complexity index is 2680. The molecule has 0 spiro atoms. The number of hydrogen-bond acceptors (Lipinski definition) is 11. The molecule has 2 atom stereocenters. The maximum atomic E-state index is 11.3. The Hall–Kier alpha value is -6.73. The molecule has 0 amide bonds. The van der Waals surface area contributed by atoms with E-state index in [0.717, 1.165) is 68.3 Å². The maximum Gasteiger partial charge on any atom is 0.0830 e. The van der Waals surface area contributed by atoms with Crippen LogP contribution in [0.2, 0.25) is 0 Å². The summed E-state index contributed by atoms with van der Waals surface area (Å²) in [7, 11) is 0. The van der Waals surface area contributed by atoms with Crippen molar-refractivity contribution >= 4 is 70.5 Å². The van der Waals surface area contributed by atoms with Crippen molar-refractivity contribution in [2.24, 2.45) is 10.2 Å². The Morgan fingerprint density at radius 1 is 0.397 bits per heavy atom. The Morgan fingerprint density at radius 3 is 1.07 bits per heavy atom. The smallest absolute Gasteiger partial charge is 0.0830 e. The second-order valence-electron chi connectivity index (χ2n) is 17.5. The van der Waals surface area contributed by atoms with Crippen LogP contribution in [0.5, 0.6) is 0 Å². The molecule has 0 radical (unpaired) electrons. The van der Waals surface area contributed by atoms with Crippen molar-refractivity contribution in [2.75, 3.05) is 57.5 Å². The molecule has 0 fully saturated rings. The summed E-state index contributed by atoms with van der Waals surface area (Å²) in [6.45, 7) is 8.61. The fourth-order valence-electron chi connectivity index (χ4n) is 8.07. The quantitative estimate of drug-likeness (QED) is 0.0313. The zero-order valence-corrected chi connectivity index (χ0v) is 44.0. The molecule has 11 heteroatoms. The van der Waals surface area contributed by atoms with Crippen molar-refractivity contribution < 1.29 is 10.2 Å². The van der Waals surface area contributed by atoms with Crippen molar-refractivity contribution in [3.63, 3.8) is 0 Å². The van der Waals surface area contributed by atoms with Gasteiger partial charge in [0, 0.05) is 68.6 Å². The molecule has 8 rings (SSSR count). The summed E-state index contributed by atoms with van der Waals surface area (Å²) in [5.41, 5.74) is 8.74. The van der Waals surface area contributed by atoms with Crippen LogP contribution in [-0.4, -0.2) is 72.5 Å². The molecule has 0 saturated carbocycles. The summed E-state index contributed by atoms with van der Waals surface area (Å²) in [4.78, 5) is 9.19. The SMILES string of the molecule is CCN(Cc1ccccc1)c1ccc(/C=N/N(CC(O)CSc2ccc(Sc3ccc(SCC(O)CN(/N=C/c4ccc(N(CC)Cc5ccccc5)cc4)c4ccccc4)cc3)cc2)c2ccccc2)cc1. The highest BCUT2D eigenvalue weighted by atomic mass is 32.2. The lowest BCUT2D eigenvalue weighted by Crippen LogP contribution is -2.30. The van der Waals surface area contributed by atoms with Crippen LogP contribution in [-0.2, 0) is 13.1 Å². The zero-order valence-electron chi connectivity index (χ0n) is 41.6. The van der Waals surface area contributed by atoms with E-state index in [4.69, 9.17) is 10.2 Å². The van der Waals surface area contributed by atoms with Gasteiger partial charge in [-0.2, -0.15) is 10.2 Å². The molecular weight excluding hydrogens is 957 g/mol. The maximum absolute atomic E-state index is 11.3. The first-order chi connectivity index (χ1) is 35.9. The largest absolute Gasteiger partial charge is 0.390 e. The van der Waals surface area contributed by atoms with E-state index in [1.807, 2.05) is 83.1 Å². The van der Waals surface area contributed by atoms with Gasteiger partial charge in [-0.3, -0.25) is 10.0 Å². The van der Waals surface area contributed by atoms with Crippen LogP contribution in [0.1, 0.15) is 36.1 Å². The summed E-state index contributed by atoms with van der Waals surface area (Å²) in [6.07, 6.45) is 2.51. The van der Waals surface area contributed by atoms with Crippen LogP contribution in [0, 0.1) is 0 Å². The summed E-state index contributed by atoms with van der Waals surface area (Å²) >= 11 is 4.99. The number of hydrogen-bond donors (Lipinski definition) is 2. The van der Waals surface area contributed by atoms with Gasteiger partial charge in [0.05, 0.1) is 49.1 Å². The Morgan fingerprint density at radius 2 is 0.726 bits per heavy atom. The Balaban J connectivity index is 0.789. The van der Waals surface area contributed by atoms with Gasteiger partial charge in [0.15, 0.2) is 0 Å². The number of para-hydroxylation sites is 2. The van der Waals surface area contributed by atoms with Gasteiger partial charge in [-0.15, -0.1) is 23.5 Å². The minimum Gasteiger partial charge on any atom is -0.390 e. The van der Waals surface area contributed by atoms with Crippen LogP contribution < -0.4 is 19.8 Å². The molecule has 73 heavy (non-hydrogen) atoms. The third kappa shape index (κ3) is 16.7.